The third-order valence-electron chi connectivity index (χ3n) is 1.06. The van der Waals surface area contributed by atoms with Gasteiger partial charge in [-0.15, -0.1) is 0 Å². The second kappa shape index (κ2) is 4.43. The molecule has 0 fully saturated rings. The highest BCUT2D eigenvalue weighted by molar-refractivity contribution is 7.41. The minimum absolute atomic E-state index is 0.774. The number of hydrogen-bond donors (Lipinski definition) is 0. The third-order valence-corrected chi connectivity index (χ3v) is 1.95. The van der Waals surface area contributed by atoms with Crippen molar-refractivity contribution >= 4 is 14.1 Å². The van der Waals surface area contributed by atoms with Crippen LogP contribution in [0.5, 0.6) is 0 Å². The van der Waals surface area contributed by atoms with Crippen LogP contribution in [0.1, 0.15) is 6.92 Å². The molecule has 0 aliphatic heterocycles. The van der Waals surface area contributed by atoms with E-state index in [0.29, 0.717) is 0 Å². The highest BCUT2D eigenvalue weighted by Crippen LogP contribution is 2.09. The maximum absolute atomic E-state index is 5.19. The van der Waals surface area contributed by atoms with Gasteiger partial charge in [0.15, 0.2) is 0 Å². The summed E-state index contributed by atoms with van der Waals surface area (Å²) in [5, 5.41) is 1.21. The van der Waals surface area contributed by atoms with Crippen molar-refractivity contribution in [1.82, 2.24) is 0 Å². The van der Waals surface area contributed by atoms with Crippen molar-refractivity contribution in [3.05, 3.63) is 30.3 Å². The Morgan fingerprint density at radius 3 is 2.60 bits per heavy atom. The van der Waals surface area contributed by atoms with Gasteiger partial charge in [0.05, 0.1) is 0 Å². The quantitative estimate of drug-likeness (QED) is 0.605. The minimum Gasteiger partial charge on any atom is -0.347 e. The van der Waals surface area contributed by atoms with Crippen LogP contribution >= 0.6 is 8.81 Å². The molecule has 0 unspecified atom stereocenters. The van der Waals surface area contributed by atoms with Gasteiger partial charge in [-0.3, -0.25) is 0 Å². The largest absolute Gasteiger partial charge is 0.347 e. The maximum atomic E-state index is 5.19. The van der Waals surface area contributed by atoms with Crippen LogP contribution in [0.25, 0.3) is 0 Å². The monoisotopic (exact) mass is 153 g/mol. The molecule has 1 nitrogen and oxygen atoms in total. The lowest BCUT2D eigenvalue weighted by atomic mass is 10.4. The Morgan fingerprint density at radius 1 is 1.30 bits per heavy atom. The Hall–Kier alpha value is -0.390. The fourth-order valence-electron chi connectivity index (χ4n) is 0.628. The van der Waals surface area contributed by atoms with Crippen molar-refractivity contribution in [2.24, 2.45) is 0 Å². The number of benzene rings is 1. The molecule has 1 aromatic carbocycles. The van der Waals surface area contributed by atoms with Crippen LogP contribution in [-0.2, 0) is 4.52 Å². The molecule has 0 saturated heterocycles. The lowest BCUT2D eigenvalue weighted by Gasteiger charge is -1.96. The summed E-state index contributed by atoms with van der Waals surface area (Å²) in [6, 6.07) is 10.1. The normalized spacial score (nSPS) is 10.9. The molecule has 0 N–H and O–H groups in total. The summed E-state index contributed by atoms with van der Waals surface area (Å²) in [6.07, 6.45) is 0. The summed E-state index contributed by atoms with van der Waals surface area (Å²) in [5.74, 6) is 0. The molecular formula is C8H10OP. The van der Waals surface area contributed by atoms with Gasteiger partial charge in [0.2, 0.25) is 0 Å². The fraction of sp³-hybridized carbons (Fsp3) is 0.250. The third kappa shape index (κ3) is 2.47. The Bertz CT molecular complexity index is 174. The van der Waals surface area contributed by atoms with Crippen molar-refractivity contribution in [3.63, 3.8) is 0 Å². The number of rotatable bonds is 3. The van der Waals surface area contributed by atoms with Crippen LogP contribution in [0, 0.1) is 0 Å². The van der Waals surface area contributed by atoms with Crippen LogP contribution < -0.4 is 5.30 Å². The summed E-state index contributed by atoms with van der Waals surface area (Å²) >= 11 is 0. The van der Waals surface area contributed by atoms with E-state index in [2.05, 4.69) is 12.1 Å². The second-order valence-corrected chi connectivity index (χ2v) is 2.80. The minimum atomic E-state index is 0.774. The zero-order valence-electron chi connectivity index (χ0n) is 5.95. The van der Waals surface area contributed by atoms with Gasteiger partial charge < -0.3 is 4.52 Å². The first-order valence-corrected chi connectivity index (χ1v) is 4.13. The fourth-order valence-corrected chi connectivity index (χ4v) is 1.20. The van der Waals surface area contributed by atoms with Gasteiger partial charge >= 0.3 is 0 Å². The average Bonchev–Trinajstić information content (AvgIpc) is 2.03. The van der Waals surface area contributed by atoms with E-state index in [-0.39, 0.29) is 0 Å². The van der Waals surface area contributed by atoms with Crippen molar-refractivity contribution in [2.75, 3.05) is 6.61 Å². The number of hydrogen-bond acceptors (Lipinski definition) is 1. The summed E-state index contributed by atoms with van der Waals surface area (Å²) in [5.41, 5.74) is 0. The van der Waals surface area contributed by atoms with E-state index in [1.165, 1.54) is 5.30 Å². The van der Waals surface area contributed by atoms with E-state index < -0.39 is 0 Å². The molecule has 1 radical (unpaired) electrons. The van der Waals surface area contributed by atoms with Crippen LogP contribution in [0.2, 0.25) is 0 Å². The molecule has 0 bridgehead atoms. The van der Waals surface area contributed by atoms with Crippen molar-refractivity contribution in [2.45, 2.75) is 6.92 Å². The lowest BCUT2D eigenvalue weighted by Crippen LogP contribution is -1.92. The predicted octanol–water partition coefficient (Wildman–Crippen LogP) is 2.21. The van der Waals surface area contributed by atoms with Gasteiger partial charge in [-0.1, -0.05) is 30.3 Å². The highest BCUT2D eigenvalue weighted by Gasteiger charge is 1.89. The summed E-state index contributed by atoms with van der Waals surface area (Å²) in [6.45, 7) is 2.77. The Balaban J connectivity index is 2.43. The molecule has 53 valence electrons. The molecule has 0 heterocycles. The van der Waals surface area contributed by atoms with Gasteiger partial charge in [0.1, 0.15) is 8.81 Å². The second-order valence-electron chi connectivity index (χ2n) is 1.84. The Kier molecular flexibility index (Phi) is 3.42. The molecule has 0 atom stereocenters. The van der Waals surface area contributed by atoms with E-state index in [1.54, 1.807) is 0 Å². The molecule has 1 rings (SSSR count). The molecule has 0 amide bonds. The summed E-state index contributed by atoms with van der Waals surface area (Å²) < 4.78 is 5.19. The van der Waals surface area contributed by atoms with Crippen molar-refractivity contribution in [1.29, 1.82) is 0 Å². The predicted molar refractivity (Wildman–Crippen MR) is 44.6 cm³/mol. The molecule has 0 saturated carbocycles. The molecular weight excluding hydrogens is 143 g/mol. The Labute approximate surface area is 63.3 Å². The van der Waals surface area contributed by atoms with Gasteiger partial charge in [-0.25, -0.2) is 0 Å². The smallest absolute Gasteiger partial charge is 0.117 e. The van der Waals surface area contributed by atoms with Crippen LogP contribution in [0.3, 0.4) is 0 Å². The molecule has 2 heteroatoms. The average molecular weight is 153 g/mol. The first-order chi connectivity index (χ1) is 4.93. The highest BCUT2D eigenvalue weighted by atomic mass is 31.1. The maximum Gasteiger partial charge on any atom is 0.117 e. The summed E-state index contributed by atoms with van der Waals surface area (Å²) in [4.78, 5) is 0. The SMILES string of the molecule is CCO[P]c1ccccc1. The molecule has 10 heavy (non-hydrogen) atoms. The standard InChI is InChI=1S/C8H10OP/c1-2-9-10-8-6-4-3-5-7-8/h3-7H,2H2,1H3. The van der Waals surface area contributed by atoms with Crippen LogP contribution in [0.4, 0.5) is 0 Å². The molecule has 0 aromatic heterocycles. The molecule has 0 aliphatic carbocycles. The first kappa shape index (κ1) is 7.71. The van der Waals surface area contributed by atoms with Crippen molar-refractivity contribution < 1.29 is 4.52 Å². The summed E-state index contributed by atoms with van der Waals surface area (Å²) in [7, 11) is 0.962. The molecule has 0 spiro atoms. The van der Waals surface area contributed by atoms with Gasteiger partial charge in [0.25, 0.3) is 0 Å². The van der Waals surface area contributed by atoms with E-state index in [0.717, 1.165) is 15.4 Å². The molecule has 0 aliphatic rings. The topological polar surface area (TPSA) is 9.23 Å². The van der Waals surface area contributed by atoms with Crippen LogP contribution in [-0.4, -0.2) is 6.61 Å². The first-order valence-electron chi connectivity index (χ1n) is 3.31. The van der Waals surface area contributed by atoms with E-state index in [9.17, 15) is 0 Å². The van der Waals surface area contributed by atoms with E-state index in [4.69, 9.17) is 4.52 Å². The van der Waals surface area contributed by atoms with Crippen LogP contribution in [0.15, 0.2) is 30.3 Å². The zero-order valence-corrected chi connectivity index (χ0v) is 6.84. The van der Waals surface area contributed by atoms with E-state index in [1.807, 2.05) is 25.1 Å². The van der Waals surface area contributed by atoms with Gasteiger partial charge in [-0.05, 0) is 6.92 Å². The molecule has 1 aromatic rings. The van der Waals surface area contributed by atoms with Crippen molar-refractivity contribution in [3.8, 4) is 0 Å². The Morgan fingerprint density at radius 2 is 2.00 bits per heavy atom. The lowest BCUT2D eigenvalue weighted by molar-refractivity contribution is 0.394. The van der Waals surface area contributed by atoms with Gasteiger partial charge in [0, 0.05) is 11.9 Å². The zero-order chi connectivity index (χ0) is 7.23. The van der Waals surface area contributed by atoms with Gasteiger partial charge in [-0.2, -0.15) is 0 Å². The van der Waals surface area contributed by atoms with E-state index >= 15 is 0 Å².